The van der Waals surface area contributed by atoms with E-state index < -0.39 is 9.84 Å². The second-order valence-corrected chi connectivity index (χ2v) is 8.85. The van der Waals surface area contributed by atoms with Crippen LogP contribution in [0.25, 0.3) is 0 Å². The third kappa shape index (κ3) is 4.55. The second kappa shape index (κ2) is 7.94. The average molecular weight is 417 g/mol. The highest BCUT2D eigenvalue weighted by Crippen LogP contribution is 2.38. The Labute approximate surface area is 162 Å². The molecular weight excluding hydrogens is 399 g/mol. The van der Waals surface area contributed by atoms with Crippen molar-refractivity contribution in [3.05, 3.63) is 51.5 Å². The molecule has 0 saturated heterocycles. The fraction of sp³-hybridized carbons (Fsp3) is 0.333. The molecule has 140 valence electrons. The Balaban J connectivity index is 1.85. The summed E-state index contributed by atoms with van der Waals surface area (Å²) in [6, 6.07) is 8.16. The van der Waals surface area contributed by atoms with Crippen LogP contribution in [-0.4, -0.2) is 28.7 Å². The Morgan fingerprint density at radius 2 is 1.85 bits per heavy atom. The highest BCUT2D eigenvalue weighted by atomic mass is 35.5. The van der Waals surface area contributed by atoms with Crippen molar-refractivity contribution in [2.75, 3.05) is 20.3 Å². The van der Waals surface area contributed by atoms with Gasteiger partial charge < -0.3 is 14.2 Å². The predicted molar refractivity (Wildman–Crippen MR) is 101 cm³/mol. The van der Waals surface area contributed by atoms with E-state index in [2.05, 4.69) is 0 Å². The zero-order valence-electron chi connectivity index (χ0n) is 14.1. The number of benzene rings is 2. The van der Waals surface area contributed by atoms with E-state index in [1.54, 1.807) is 30.3 Å². The molecule has 0 radical (unpaired) electrons. The quantitative estimate of drug-likeness (QED) is 0.727. The molecule has 8 heteroatoms. The molecule has 0 bridgehead atoms. The van der Waals surface area contributed by atoms with Gasteiger partial charge in [-0.3, -0.25) is 0 Å². The van der Waals surface area contributed by atoms with E-state index in [1.165, 1.54) is 7.11 Å². The van der Waals surface area contributed by atoms with Gasteiger partial charge in [-0.2, -0.15) is 0 Å². The molecule has 0 N–H and O–H groups in total. The summed E-state index contributed by atoms with van der Waals surface area (Å²) >= 11 is 12.2. The number of methoxy groups -OCH3 is 1. The van der Waals surface area contributed by atoms with E-state index >= 15 is 0 Å². The van der Waals surface area contributed by atoms with Crippen molar-refractivity contribution in [3.63, 3.8) is 0 Å². The molecule has 0 atom stereocenters. The van der Waals surface area contributed by atoms with E-state index in [0.29, 0.717) is 51.6 Å². The van der Waals surface area contributed by atoms with E-state index in [1.807, 2.05) is 0 Å². The number of rotatable bonds is 5. The summed E-state index contributed by atoms with van der Waals surface area (Å²) in [6.45, 7) is 1.01. The predicted octanol–water partition coefficient (Wildman–Crippen LogP) is 4.28. The van der Waals surface area contributed by atoms with Crippen LogP contribution in [0.2, 0.25) is 10.0 Å². The molecule has 3 rings (SSSR count). The topological polar surface area (TPSA) is 61.8 Å². The third-order valence-electron chi connectivity index (χ3n) is 3.87. The van der Waals surface area contributed by atoms with Crippen molar-refractivity contribution in [2.45, 2.75) is 17.9 Å². The van der Waals surface area contributed by atoms with Crippen molar-refractivity contribution in [1.82, 2.24) is 0 Å². The van der Waals surface area contributed by atoms with E-state index in [4.69, 9.17) is 37.4 Å². The van der Waals surface area contributed by atoms with Crippen LogP contribution in [0.15, 0.2) is 30.3 Å². The molecule has 0 fully saturated rings. The molecule has 2 aromatic carbocycles. The van der Waals surface area contributed by atoms with Gasteiger partial charge in [0.15, 0.2) is 21.3 Å². The van der Waals surface area contributed by atoms with E-state index in [9.17, 15) is 8.42 Å². The molecule has 1 heterocycles. The first-order valence-corrected chi connectivity index (χ1v) is 10.6. The molecule has 0 spiro atoms. The fourth-order valence-corrected chi connectivity index (χ4v) is 4.73. The van der Waals surface area contributed by atoms with Crippen LogP contribution in [-0.2, 0) is 21.3 Å². The summed E-state index contributed by atoms with van der Waals surface area (Å²) in [5.41, 5.74) is 1.06. The largest absolute Gasteiger partial charge is 0.496 e. The van der Waals surface area contributed by atoms with Gasteiger partial charge in [-0.25, -0.2) is 8.42 Å². The number of ether oxygens (including phenoxy) is 3. The van der Waals surface area contributed by atoms with Crippen molar-refractivity contribution >= 4 is 33.0 Å². The summed E-state index contributed by atoms with van der Waals surface area (Å²) < 4.78 is 41.8. The number of hydrogen-bond acceptors (Lipinski definition) is 5. The van der Waals surface area contributed by atoms with Crippen LogP contribution in [0.1, 0.15) is 17.5 Å². The summed E-state index contributed by atoms with van der Waals surface area (Å²) in [5, 5.41) is 0.796. The van der Waals surface area contributed by atoms with Gasteiger partial charge in [-0.05, 0) is 35.9 Å². The lowest BCUT2D eigenvalue weighted by molar-refractivity contribution is 0.297. The summed E-state index contributed by atoms with van der Waals surface area (Å²) in [4.78, 5) is 0. The number of hydrogen-bond donors (Lipinski definition) is 0. The minimum absolute atomic E-state index is 0.182. The first-order chi connectivity index (χ1) is 12.4. The van der Waals surface area contributed by atoms with Gasteiger partial charge >= 0.3 is 0 Å². The van der Waals surface area contributed by atoms with E-state index in [-0.39, 0.29) is 11.5 Å². The minimum atomic E-state index is -3.48. The number of sulfone groups is 1. The van der Waals surface area contributed by atoms with Gasteiger partial charge in [0.05, 0.1) is 36.9 Å². The van der Waals surface area contributed by atoms with Gasteiger partial charge in [0.1, 0.15) is 5.75 Å². The summed E-state index contributed by atoms with van der Waals surface area (Å²) in [6.07, 6.45) is 0.743. The number of halogens is 2. The summed E-state index contributed by atoms with van der Waals surface area (Å²) in [7, 11) is -1.99. The van der Waals surface area contributed by atoms with Crippen molar-refractivity contribution in [2.24, 2.45) is 0 Å². The second-order valence-electron chi connectivity index (χ2n) is 5.94. The Hall–Kier alpha value is -1.63. The highest BCUT2D eigenvalue weighted by molar-refractivity contribution is 7.89. The molecule has 0 aromatic heterocycles. The SMILES string of the molecule is COc1ccc(Cl)cc1CS(=O)(=O)Cc1cc(Cl)c2c(c1)OCCCO2. The zero-order chi connectivity index (χ0) is 18.7. The molecular formula is C18H18Cl2O5S. The van der Waals surface area contributed by atoms with Crippen molar-refractivity contribution in [1.29, 1.82) is 0 Å². The molecule has 26 heavy (non-hydrogen) atoms. The van der Waals surface area contributed by atoms with Gasteiger partial charge in [0, 0.05) is 17.0 Å². The minimum Gasteiger partial charge on any atom is -0.496 e. The highest BCUT2D eigenvalue weighted by Gasteiger charge is 2.20. The number of fused-ring (bicyclic) bond motifs is 1. The molecule has 5 nitrogen and oxygen atoms in total. The van der Waals surface area contributed by atoms with Crippen molar-refractivity contribution < 1.29 is 22.6 Å². The van der Waals surface area contributed by atoms with Gasteiger partial charge in [0.25, 0.3) is 0 Å². The van der Waals surface area contributed by atoms with Crippen molar-refractivity contribution in [3.8, 4) is 17.2 Å². The van der Waals surface area contributed by atoms with Gasteiger partial charge in [-0.15, -0.1) is 0 Å². The molecule has 1 aliphatic rings. The smallest absolute Gasteiger partial charge is 0.179 e. The van der Waals surface area contributed by atoms with Gasteiger partial charge in [0.2, 0.25) is 0 Å². The maximum Gasteiger partial charge on any atom is 0.179 e. The van der Waals surface area contributed by atoms with Crippen LogP contribution >= 0.6 is 23.2 Å². The monoisotopic (exact) mass is 416 g/mol. The van der Waals surface area contributed by atoms with Crippen LogP contribution in [0, 0.1) is 0 Å². The molecule has 1 aliphatic heterocycles. The lowest BCUT2D eigenvalue weighted by atomic mass is 10.2. The lowest BCUT2D eigenvalue weighted by Crippen LogP contribution is -2.09. The summed E-state index contributed by atoms with van der Waals surface area (Å²) in [5.74, 6) is 1.04. The van der Waals surface area contributed by atoms with Crippen LogP contribution < -0.4 is 14.2 Å². The maximum atomic E-state index is 12.7. The van der Waals surface area contributed by atoms with Crippen LogP contribution in [0.3, 0.4) is 0 Å². The van der Waals surface area contributed by atoms with Gasteiger partial charge in [-0.1, -0.05) is 23.2 Å². The Morgan fingerprint density at radius 1 is 1.08 bits per heavy atom. The Bertz CT molecular complexity index is 912. The van der Waals surface area contributed by atoms with E-state index in [0.717, 1.165) is 6.42 Å². The third-order valence-corrected chi connectivity index (χ3v) is 5.91. The maximum absolute atomic E-state index is 12.7. The standard InChI is InChI=1S/C18H18Cl2O5S/c1-23-16-4-3-14(19)9-13(16)11-26(21,22)10-12-7-15(20)18-17(8-12)24-5-2-6-25-18/h3-4,7-9H,2,5-6,10-11H2,1H3. The zero-order valence-corrected chi connectivity index (χ0v) is 16.5. The average Bonchev–Trinajstić information content (AvgIpc) is 2.80. The first-order valence-electron chi connectivity index (χ1n) is 7.99. The normalized spacial score (nSPS) is 14.0. The molecule has 0 saturated carbocycles. The Kier molecular flexibility index (Phi) is 5.85. The molecule has 2 aromatic rings. The first kappa shape index (κ1) is 19.1. The molecule has 0 amide bonds. The van der Waals surface area contributed by atoms with Crippen LogP contribution in [0.4, 0.5) is 0 Å². The fourth-order valence-electron chi connectivity index (χ4n) is 2.77. The van der Waals surface area contributed by atoms with Crippen LogP contribution in [0.5, 0.6) is 17.2 Å². The lowest BCUT2D eigenvalue weighted by Gasteiger charge is -2.13. The molecule has 0 unspecified atom stereocenters. The Morgan fingerprint density at radius 3 is 2.62 bits per heavy atom. The molecule has 0 aliphatic carbocycles.